The van der Waals surface area contributed by atoms with Gasteiger partial charge in [-0.1, -0.05) is 6.42 Å². The molecule has 7 nitrogen and oxygen atoms in total. The summed E-state index contributed by atoms with van der Waals surface area (Å²) in [7, 11) is 1.56. The van der Waals surface area contributed by atoms with Crippen LogP contribution < -0.4 is 4.74 Å². The number of carbonyl (C=O) groups is 2. The molecule has 0 bridgehead atoms. The normalized spacial score (nSPS) is 15.8. The van der Waals surface area contributed by atoms with Crippen molar-refractivity contribution in [2.24, 2.45) is 0 Å². The molecule has 1 aliphatic carbocycles. The quantitative estimate of drug-likeness (QED) is 0.357. The summed E-state index contributed by atoms with van der Waals surface area (Å²) >= 11 is 3.38. The molecule has 0 N–H and O–H groups in total. The molecule has 0 radical (unpaired) electrons. The maximum Gasteiger partial charge on any atom is 0.341 e. The van der Waals surface area contributed by atoms with Gasteiger partial charge in [-0.05, 0) is 65.9 Å². The predicted octanol–water partition coefficient (Wildman–Crippen LogP) is 4.85. The van der Waals surface area contributed by atoms with E-state index in [0.717, 1.165) is 55.8 Å². The number of ketones is 1. The average molecular weight is 498 g/mol. The molecule has 3 heterocycles. The van der Waals surface area contributed by atoms with E-state index < -0.39 is 5.97 Å². The largest absolute Gasteiger partial charge is 0.496 e. The van der Waals surface area contributed by atoms with E-state index in [2.05, 4.69) is 20.5 Å². The van der Waals surface area contributed by atoms with Crippen LogP contribution in [0.2, 0.25) is 0 Å². The van der Waals surface area contributed by atoms with E-state index in [9.17, 15) is 9.59 Å². The number of rotatable bonds is 6. The molecule has 2 aliphatic rings. The van der Waals surface area contributed by atoms with Crippen LogP contribution in [0.5, 0.6) is 5.75 Å². The molecule has 2 aromatic heterocycles. The summed E-state index contributed by atoms with van der Waals surface area (Å²) in [6.45, 7) is 0.528. The molecule has 3 aromatic rings. The lowest BCUT2D eigenvalue weighted by Gasteiger charge is -2.09. The first-order valence-corrected chi connectivity index (χ1v) is 11.8. The Kier molecular flexibility index (Phi) is 5.71. The van der Waals surface area contributed by atoms with E-state index in [1.165, 1.54) is 6.42 Å². The highest BCUT2D eigenvalue weighted by Gasteiger charge is 2.30. The summed E-state index contributed by atoms with van der Waals surface area (Å²) in [6, 6.07) is 6.83. The van der Waals surface area contributed by atoms with Crippen LogP contribution in [0.1, 0.15) is 70.3 Å². The maximum atomic E-state index is 13.1. The van der Waals surface area contributed by atoms with Gasteiger partial charge in [0.15, 0.2) is 18.0 Å². The second-order valence-corrected chi connectivity index (χ2v) is 9.23. The first-order chi connectivity index (χ1) is 15.5. The smallest absolute Gasteiger partial charge is 0.341 e. The number of hydrogen-bond acceptors (Lipinski definition) is 6. The molecule has 0 unspecified atom stereocenters. The minimum atomic E-state index is -0.534. The highest BCUT2D eigenvalue weighted by atomic mass is 79.9. The molecule has 8 heteroatoms. The monoisotopic (exact) mass is 497 g/mol. The molecule has 1 aliphatic heterocycles. The van der Waals surface area contributed by atoms with Crippen molar-refractivity contribution in [2.75, 3.05) is 13.7 Å². The van der Waals surface area contributed by atoms with Gasteiger partial charge in [0.2, 0.25) is 0 Å². The number of benzene rings is 1. The number of esters is 1. The number of imidazole rings is 1. The van der Waals surface area contributed by atoms with Crippen LogP contribution in [-0.2, 0) is 17.7 Å². The lowest BCUT2D eigenvalue weighted by Crippen LogP contribution is -2.15. The summed E-state index contributed by atoms with van der Waals surface area (Å²) in [5, 5.41) is 0. The Morgan fingerprint density at radius 1 is 1.16 bits per heavy atom. The lowest BCUT2D eigenvalue weighted by atomic mass is 10.1. The van der Waals surface area contributed by atoms with Crippen molar-refractivity contribution in [1.82, 2.24) is 14.5 Å². The Hall–Kier alpha value is -2.74. The van der Waals surface area contributed by atoms with Gasteiger partial charge >= 0.3 is 5.97 Å². The van der Waals surface area contributed by atoms with E-state index in [-0.39, 0.29) is 12.4 Å². The summed E-state index contributed by atoms with van der Waals surface area (Å²) in [5.74, 6) is 1.18. The van der Waals surface area contributed by atoms with E-state index in [0.29, 0.717) is 32.8 Å². The van der Waals surface area contributed by atoms with Gasteiger partial charge < -0.3 is 14.0 Å². The fourth-order valence-corrected chi connectivity index (χ4v) is 4.73. The van der Waals surface area contributed by atoms with Gasteiger partial charge in [-0.15, -0.1) is 0 Å². The Morgan fingerprint density at radius 3 is 2.75 bits per heavy atom. The molecule has 0 atom stereocenters. The van der Waals surface area contributed by atoms with Gasteiger partial charge in [0.1, 0.15) is 17.1 Å². The zero-order chi connectivity index (χ0) is 22.2. The second-order valence-electron chi connectivity index (χ2n) is 8.38. The van der Waals surface area contributed by atoms with Crippen molar-refractivity contribution in [1.29, 1.82) is 0 Å². The van der Waals surface area contributed by atoms with Crippen LogP contribution >= 0.6 is 15.9 Å². The van der Waals surface area contributed by atoms with Crippen LogP contribution in [-0.4, -0.2) is 40.0 Å². The molecule has 0 saturated heterocycles. The maximum absolute atomic E-state index is 13.1. The standard InChI is InChI=1S/C24H24BrN3O4/c1-31-20-9-8-15(11-17(20)25)19(29)13-32-24(30)16-12-18(14-6-7-14)26-23-22(16)27-21-5-3-2-4-10-28(21)23/h8-9,11-12,14H,2-7,10,13H2,1H3. The van der Waals surface area contributed by atoms with Gasteiger partial charge in [-0.3, -0.25) is 4.79 Å². The van der Waals surface area contributed by atoms with Crippen molar-refractivity contribution in [2.45, 2.75) is 51.0 Å². The van der Waals surface area contributed by atoms with Crippen molar-refractivity contribution in [3.63, 3.8) is 0 Å². The van der Waals surface area contributed by atoms with Crippen LogP contribution in [0, 0.1) is 0 Å². The Bertz CT molecular complexity index is 1220. The summed E-state index contributed by atoms with van der Waals surface area (Å²) < 4.78 is 13.5. The third-order valence-electron chi connectivity index (χ3n) is 6.11. The average Bonchev–Trinajstić information content (AvgIpc) is 3.62. The molecule has 1 saturated carbocycles. The van der Waals surface area contributed by atoms with Gasteiger partial charge in [-0.25, -0.2) is 14.8 Å². The zero-order valence-corrected chi connectivity index (χ0v) is 19.5. The Balaban J connectivity index is 1.41. The van der Waals surface area contributed by atoms with Crippen LogP contribution in [0.25, 0.3) is 11.2 Å². The first kappa shape index (κ1) is 21.1. The van der Waals surface area contributed by atoms with Crippen LogP contribution in [0.4, 0.5) is 0 Å². The molecule has 0 amide bonds. The first-order valence-electron chi connectivity index (χ1n) is 11.0. The van der Waals surface area contributed by atoms with Crippen molar-refractivity contribution < 1.29 is 19.1 Å². The second kappa shape index (κ2) is 8.65. The highest BCUT2D eigenvalue weighted by Crippen LogP contribution is 2.40. The van der Waals surface area contributed by atoms with E-state index in [4.69, 9.17) is 19.4 Å². The van der Waals surface area contributed by atoms with Crippen molar-refractivity contribution >= 4 is 38.8 Å². The van der Waals surface area contributed by atoms with E-state index in [1.807, 2.05) is 6.07 Å². The SMILES string of the molecule is COc1ccc(C(=O)COC(=O)c2cc(C3CC3)nc3c2nc2n3CCCCC2)cc1Br. The number of aryl methyl sites for hydroxylation is 2. The van der Waals surface area contributed by atoms with E-state index in [1.54, 1.807) is 25.3 Å². The molecule has 1 aromatic carbocycles. The number of aromatic nitrogens is 3. The van der Waals surface area contributed by atoms with Gasteiger partial charge in [0.05, 0.1) is 17.1 Å². The number of ether oxygens (including phenoxy) is 2. The number of hydrogen-bond donors (Lipinski definition) is 0. The zero-order valence-electron chi connectivity index (χ0n) is 17.9. The van der Waals surface area contributed by atoms with Crippen LogP contribution in [0.3, 0.4) is 0 Å². The minimum Gasteiger partial charge on any atom is -0.496 e. The van der Waals surface area contributed by atoms with Gasteiger partial charge in [-0.2, -0.15) is 0 Å². The molecule has 0 spiro atoms. The number of halogens is 1. The number of carbonyl (C=O) groups excluding carboxylic acids is 2. The summed E-state index contributed by atoms with van der Waals surface area (Å²) in [4.78, 5) is 35.3. The van der Waals surface area contributed by atoms with E-state index >= 15 is 0 Å². The summed E-state index contributed by atoms with van der Waals surface area (Å²) in [5.41, 5.74) is 3.11. The minimum absolute atomic E-state index is 0.282. The molecular weight excluding hydrogens is 474 g/mol. The lowest BCUT2D eigenvalue weighted by molar-refractivity contribution is 0.0476. The fraction of sp³-hybridized carbons (Fsp3) is 0.417. The van der Waals surface area contributed by atoms with Crippen molar-refractivity contribution in [3.8, 4) is 5.75 Å². The number of nitrogens with zero attached hydrogens (tertiary/aromatic N) is 3. The molecular formula is C24H24BrN3O4. The van der Waals surface area contributed by atoms with Crippen LogP contribution in [0.15, 0.2) is 28.7 Å². The molecule has 32 heavy (non-hydrogen) atoms. The summed E-state index contributed by atoms with van der Waals surface area (Å²) in [6.07, 6.45) is 6.39. The third-order valence-corrected chi connectivity index (χ3v) is 6.73. The van der Waals surface area contributed by atoms with Crippen molar-refractivity contribution in [3.05, 3.63) is 51.4 Å². The van der Waals surface area contributed by atoms with Gasteiger partial charge in [0, 0.05) is 30.1 Å². The fourth-order valence-electron chi connectivity index (χ4n) is 4.19. The molecule has 5 rings (SSSR count). The number of pyridine rings is 1. The molecule has 1 fully saturated rings. The number of Topliss-reactive ketones (excluding diaryl/α,β-unsaturated/α-hetero) is 1. The third kappa shape index (κ3) is 4.03. The topological polar surface area (TPSA) is 83.3 Å². The van der Waals surface area contributed by atoms with Gasteiger partial charge in [0.25, 0.3) is 0 Å². The molecule has 166 valence electrons. The Morgan fingerprint density at radius 2 is 2.00 bits per heavy atom. The number of fused-ring (bicyclic) bond motifs is 3. The Labute approximate surface area is 194 Å². The predicted molar refractivity (Wildman–Crippen MR) is 122 cm³/mol. The number of methoxy groups -OCH3 is 1. The highest BCUT2D eigenvalue weighted by molar-refractivity contribution is 9.10.